The number of Topliss-reactive ketones (excluding diaryl/α,β-unsaturated/α-hetero) is 1. The largest absolute Gasteiger partial charge is 0.496 e. The molecule has 2 aromatic rings. The molecule has 0 bridgehead atoms. The molecule has 2 aromatic carbocycles. The Kier molecular flexibility index (Phi) is 7.36. The Morgan fingerprint density at radius 2 is 1.74 bits per heavy atom. The van der Waals surface area contributed by atoms with Gasteiger partial charge in [-0.1, -0.05) is 0 Å². The van der Waals surface area contributed by atoms with Crippen LogP contribution in [0.5, 0.6) is 5.75 Å². The van der Waals surface area contributed by atoms with Gasteiger partial charge in [-0.2, -0.15) is 0 Å². The third-order valence-corrected chi connectivity index (χ3v) is 5.53. The summed E-state index contributed by atoms with van der Waals surface area (Å²) in [6.07, 6.45) is 1.44. The minimum absolute atomic E-state index is 0.0504. The number of ether oxygens (including phenoxy) is 1. The fraction of sp³-hybridized carbons (Fsp3) is 0.348. The van der Waals surface area contributed by atoms with Crippen LogP contribution in [0.2, 0.25) is 0 Å². The summed E-state index contributed by atoms with van der Waals surface area (Å²) in [6, 6.07) is 10.1. The Hall–Kier alpha value is -3.26. The molecule has 0 radical (unpaired) electrons. The van der Waals surface area contributed by atoms with E-state index < -0.39 is 5.91 Å². The molecule has 3 rings (SSSR count). The number of halogens is 1. The van der Waals surface area contributed by atoms with E-state index in [4.69, 9.17) is 10.5 Å². The summed E-state index contributed by atoms with van der Waals surface area (Å²) < 4.78 is 18.2. The summed E-state index contributed by atoms with van der Waals surface area (Å²) in [4.78, 5) is 38.7. The molecule has 0 atom stereocenters. The molecule has 2 amide bonds. The monoisotopic (exact) mass is 427 g/mol. The number of hydrogen-bond acceptors (Lipinski definition) is 5. The Morgan fingerprint density at radius 3 is 2.35 bits per heavy atom. The summed E-state index contributed by atoms with van der Waals surface area (Å²) in [7, 11) is 1.45. The molecule has 1 aliphatic heterocycles. The third-order valence-electron chi connectivity index (χ3n) is 5.53. The lowest BCUT2D eigenvalue weighted by molar-refractivity contribution is 0.0838. The van der Waals surface area contributed by atoms with Gasteiger partial charge in [-0.3, -0.25) is 14.4 Å². The maximum atomic E-state index is 13.0. The molecule has 7 nitrogen and oxygen atoms in total. The standard InChI is InChI=1S/C23H26FN3O4/c1-31-20-7-4-17(22(25)29)14-19(20)23(30)26-10-13-27-11-8-16(9-12-27)21(28)15-2-5-18(24)6-3-15/h2-7,14,16H,8-13H2,1H3,(H2,25,29)(H,26,30). The first-order valence-corrected chi connectivity index (χ1v) is 10.2. The van der Waals surface area contributed by atoms with Gasteiger partial charge in [0.15, 0.2) is 5.78 Å². The molecule has 31 heavy (non-hydrogen) atoms. The van der Waals surface area contributed by atoms with Gasteiger partial charge >= 0.3 is 0 Å². The van der Waals surface area contributed by atoms with E-state index in [2.05, 4.69) is 10.2 Å². The second-order valence-electron chi connectivity index (χ2n) is 7.52. The van der Waals surface area contributed by atoms with E-state index in [0.29, 0.717) is 24.4 Å². The minimum Gasteiger partial charge on any atom is -0.496 e. The number of hydrogen-bond donors (Lipinski definition) is 2. The molecule has 0 spiro atoms. The number of nitrogens with one attached hydrogen (secondary N) is 1. The summed E-state index contributed by atoms with van der Waals surface area (Å²) in [6.45, 7) is 2.54. The minimum atomic E-state index is -0.616. The van der Waals surface area contributed by atoms with Crippen LogP contribution in [0.1, 0.15) is 43.9 Å². The molecule has 0 aromatic heterocycles. The third kappa shape index (κ3) is 5.67. The van der Waals surface area contributed by atoms with E-state index in [9.17, 15) is 18.8 Å². The average Bonchev–Trinajstić information content (AvgIpc) is 2.79. The van der Waals surface area contributed by atoms with Crippen molar-refractivity contribution in [1.82, 2.24) is 10.2 Å². The Balaban J connectivity index is 1.47. The molecular weight excluding hydrogens is 401 g/mol. The van der Waals surface area contributed by atoms with Gasteiger partial charge in [-0.25, -0.2) is 4.39 Å². The van der Waals surface area contributed by atoms with Crippen molar-refractivity contribution >= 4 is 17.6 Å². The number of ketones is 1. The summed E-state index contributed by atoms with van der Waals surface area (Å²) in [5, 5.41) is 2.84. The van der Waals surface area contributed by atoms with Crippen molar-refractivity contribution in [3.05, 3.63) is 65.0 Å². The van der Waals surface area contributed by atoms with Crippen molar-refractivity contribution < 1.29 is 23.5 Å². The molecular formula is C23H26FN3O4. The number of primary amides is 1. The lowest BCUT2D eigenvalue weighted by atomic mass is 9.89. The molecule has 164 valence electrons. The van der Waals surface area contributed by atoms with Crippen molar-refractivity contribution in [3.63, 3.8) is 0 Å². The Bertz CT molecular complexity index is 954. The molecule has 1 aliphatic rings. The van der Waals surface area contributed by atoms with E-state index in [1.165, 1.54) is 49.6 Å². The Labute approximate surface area is 180 Å². The molecule has 1 heterocycles. The molecule has 3 N–H and O–H groups in total. The van der Waals surface area contributed by atoms with Crippen molar-refractivity contribution in [3.8, 4) is 5.75 Å². The number of carbonyl (C=O) groups is 3. The first-order valence-electron chi connectivity index (χ1n) is 10.2. The topological polar surface area (TPSA) is 102 Å². The summed E-state index contributed by atoms with van der Waals surface area (Å²) in [5.74, 6) is -0.974. The van der Waals surface area contributed by atoms with Crippen LogP contribution in [0.25, 0.3) is 0 Å². The van der Waals surface area contributed by atoms with Crippen molar-refractivity contribution in [2.75, 3.05) is 33.3 Å². The van der Waals surface area contributed by atoms with Gasteiger partial charge in [0.05, 0.1) is 12.7 Å². The summed E-state index contributed by atoms with van der Waals surface area (Å²) >= 11 is 0. The number of likely N-dealkylation sites (tertiary alicyclic amines) is 1. The van der Waals surface area contributed by atoms with Gasteiger partial charge in [0.1, 0.15) is 11.6 Å². The quantitative estimate of drug-likeness (QED) is 0.630. The molecule has 1 fully saturated rings. The van der Waals surface area contributed by atoms with Crippen LogP contribution >= 0.6 is 0 Å². The van der Waals surface area contributed by atoms with Crippen LogP contribution in [-0.4, -0.2) is 55.8 Å². The van der Waals surface area contributed by atoms with E-state index in [1.54, 1.807) is 0 Å². The first kappa shape index (κ1) is 22.4. The molecule has 1 saturated heterocycles. The number of methoxy groups -OCH3 is 1. The first-order chi connectivity index (χ1) is 14.9. The van der Waals surface area contributed by atoms with Crippen molar-refractivity contribution in [1.29, 1.82) is 0 Å². The van der Waals surface area contributed by atoms with Crippen molar-refractivity contribution in [2.24, 2.45) is 11.7 Å². The fourth-order valence-corrected chi connectivity index (χ4v) is 3.73. The predicted octanol–water partition coefficient (Wildman–Crippen LogP) is 2.26. The smallest absolute Gasteiger partial charge is 0.255 e. The summed E-state index contributed by atoms with van der Waals surface area (Å²) in [5.41, 5.74) is 6.32. The molecule has 0 unspecified atom stereocenters. The van der Waals surface area contributed by atoms with Gasteiger partial charge in [0.25, 0.3) is 5.91 Å². The van der Waals surface area contributed by atoms with Crippen LogP contribution in [0, 0.1) is 11.7 Å². The highest BCUT2D eigenvalue weighted by molar-refractivity contribution is 6.01. The van der Waals surface area contributed by atoms with E-state index in [0.717, 1.165) is 25.9 Å². The number of carbonyl (C=O) groups excluding carboxylic acids is 3. The van der Waals surface area contributed by atoms with E-state index in [1.807, 2.05) is 0 Å². The van der Waals surface area contributed by atoms with Crippen LogP contribution in [0.3, 0.4) is 0 Å². The number of piperidine rings is 1. The average molecular weight is 427 g/mol. The lowest BCUT2D eigenvalue weighted by Crippen LogP contribution is -2.41. The van der Waals surface area contributed by atoms with Crippen LogP contribution in [-0.2, 0) is 0 Å². The maximum absolute atomic E-state index is 13.0. The van der Waals surface area contributed by atoms with Gasteiger partial charge in [0, 0.05) is 30.1 Å². The van der Waals surface area contributed by atoms with E-state index >= 15 is 0 Å². The van der Waals surface area contributed by atoms with Gasteiger partial charge in [-0.15, -0.1) is 0 Å². The maximum Gasteiger partial charge on any atom is 0.255 e. The number of benzene rings is 2. The highest BCUT2D eigenvalue weighted by Crippen LogP contribution is 2.22. The second kappa shape index (κ2) is 10.2. The van der Waals surface area contributed by atoms with Gasteiger partial charge in [0.2, 0.25) is 5.91 Å². The van der Waals surface area contributed by atoms with Crippen molar-refractivity contribution in [2.45, 2.75) is 12.8 Å². The zero-order valence-electron chi connectivity index (χ0n) is 17.4. The number of nitrogens with zero attached hydrogens (tertiary/aromatic N) is 1. The molecule has 0 aliphatic carbocycles. The normalized spacial score (nSPS) is 14.8. The van der Waals surface area contributed by atoms with E-state index in [-0.39, 0.29) is 34.6 Å². The lowest BCUT2D eigenvalue weighted by Gasteiger charge is -2.31. The predicted molar refractivity (Wildman–Crippen MR) is 114 cm³/mol. The molecule has 0 saturated carbocycles. The van der Waals surface area contributed by atoms with Crippen LogP contribution in [0.4, 0.5) is 4.39 Å². The number of rotatable bonds is 8. The van der Waals surface area contributed by atoms with Crippen LogP contribution in [0.15, 0.2) is 42.5 Å². The SMILES string of the molecule is COc1ccc(C(N)=O)cc1C(=O)NCCN1CCC(C(=O)c2ccc(F)cc2)CC1. The zero-order valence-corrected chi connectivity index (χ0v) is 17.4. The number of nitrogens with two attached hydrogens (primary N) is 1. The van der Waals surface area contributed by atoms with Gasteiger partial charge in [-0.05, 0) is 68.4 Å². The van der Waals surface area contributed by atoms with Crippen LogP contribution < -0.4 is 15.8 Å². The highest BCUT2D eigenvalue weighted by Gasteiger charge is 2.25. The number of amides is 2. The Morgan fingerprint density at radius 1 is 1.10 bits per heavy atom. The second-order valence-corrected chi connectivity index (χ2v) is 7.52. The zero-order chi connectivity index (χ0) is 22.4. The fourth-order valence-electron chi connectivity index (χ4n) is 3.73. The van der Waals surface area contributed by atoms with Gasteiger partial charge < -0.3 is 20.7 Å². The highest BCUT2D eigenvalue weighted by atomic mass is 19.1. The molecule has 8 heteroatoms.